The monoisotopic (exact) mass is 218 g/mol. The van der Waals surface area contributed by atoms with Gasteiger partial charge >= 0.3 is 0 Å². The number of phenolic OH excluding ortho intramolecular Hbond substituents is 1. The standard InChI is InChI=1S/C12H14N2O2/c1-9(11-4-2-3-5-12(11)15)13-8-10-6-7-14-16-10/h2-7,9,13,15H,8H2,1H3. The quantitative estimate of drug-likeness (QED) is 0.826. The average Bonchev–Trinajstić information content (AvgIpc) is 2.79. The fraction of sp³-hybridized carbons (Fsp3) is 0.250. The summed E-state index contributed by atoms with van der Waals surface area (Å²) in [6.07, 6.45) is 1.61. The van der Waals surface area contributed by atoms with Crippen LogP contribution >= 0.6 is 0 Å². The van der Waals surface area contributed by atoms with E-state index in [0.29, 0.717) is 12.3 Å². The molecule has 0 aliphatic rings. The first-order valence-electron chi connectivity index (χ1n) is 5.18. The third-order valence-electron chi connectivity index (χ3n) is 2.48. The molecule has 0 aliphatic heterocycles. The number of phenols is 1. The van der Waals surface area contributed by atoms with E-state index in [1.54, 1.807) is 12.3 Å². The highest BCUT2D eigenvalue weighted by atomic mass is 16.5. The largest absolute Gasteiger partial charge is 0.508 e. The zero-order valence-electron chi connectivity index (χ0n) is 9.05. The molecular formula is C12H14N2O2. The van der Waals surface area contributed by atoms with Crippen LogP contribution < -0.4 is 5.32 Å². The Labute approximate surface area is 93.9 Å². The summed E-state index contributed by atoms with van der Waals surface area (Å²) in [7, 11) is 0. The van der Waals surface area contributed by atoms with Gasteiger partial charge in [0.15, 0.2) is 0 Å². The molecule has 0 bridgehead atoms. The van der Waals surface area contributed by atoms with E-state index in [2.05, 4.69) is 10.5 Å². The van der Waals surface area contributed by atoms with Crippen LogP contribution in [-0.4, -0.2) is 10.3 Å². The van der Waals surface area contributed by atoms with Crippen LogP contribution in [0.4, 0.5) is 0 Å². The van der Waals surface area contributed by atoms with Gasteiger partial charge in [0.1, 0.15) is 11.5 Å². The minimum atomic E-state index is 0.0614. The van der Waals surface area contributed by atoms with Crippen molar-refractivity contribution in [1.29, 1.82) is 0 Å². The first kappa shape index (κ1) is 10.7. The highest BCUT2D eigenvalue weighted by molar-refractivity contribution is 5.34. The molecule has 0 saturated heterocycles. The SMILES string of the molecule is CC(NCc1ccno1)c1ccccc1O. The van der Waals surface area contributed by atoms with Crippen LogP contribution in [0.25, 0.3) is 0 Å². The smallest absolute Gasteiger partial charge is 0.150 e. The number of aromatic hydroxyl groups is 1. The van der Waals surface area contributed by atoms with Crippen molar-refractivity contribution in [3.8, 4) is 5.75 Å². The van der Waals surface area contributed by atoms with Crippen LogP contribution in [0.3, 0.4) is 0 Å². The van der Waals surface area contributed by atoms with Gasteiger partial charge in [-0.05, 0) is 13.0 Å². The zero-order chi connectivity index (χ0) is 11.4. The predicted molar refractivity (Wildman–Crippen MR) is 59.9 cm³/mol. The van der Waals surface area contributed by atoms with E-state index < -0.39 is 0 Å². The molecular weight excluding hydrogens is 204 g/mol. The minimum Gasteiger partial charge on any atom is -0.508 e. The fourth-order valence-corrected chi connectivity index (χ4v) is 1.55. The van der Waals surface area contributed by atoms with Crippen LogP contribution in [-0.2, 0) is 6.54 Å². The van der Waals surface area contributed by atoms with E-state index in [1.165, 1.54) is 0 Å². The number of benzene rings is 1. The van der Waals surface area contributed by atoms with Gasteiger partial charge in [-0.25, -0.2) is 0 Å². The van der Waals surface area contributed by atoms with Crippen molar-refractivity contribution in [1.82, 2.24) is 10.5 Å². The van der Waals surface area contributed by atoms with Gasteiger partial charge in [-0.1, -0.05) is 23.4 Å². The van der Waals surface area contributed by atoms with Crippen molar-refractivity contribution >= 4 is 0 Å². The molecule has 16 heavy (non-hydrogen) atoms. The summed E-state index contributed by atoms with van der Waals surface area (Å²) in [5.41, 5.74) is 0.877. The summed E-state index contributed by atoms with van der Waals surface area (Å²) in [4.78, 5) is 0. The molecule has 2 aromatic rings. The lowest BCUT2D eigenvalue weighted by atomic mass is 10.1. The molecule has 0 aliphatic carbocycles. The lowest BCUT2D eigenvalue weighted by molar-refractivity contribution is 0.364. The summed E-state index contributed by atoms with van der Waals surface area (Å²) in [5, 5.41) is 16.5. The molecule has 2 N–H and O–H groups in total. The molecule has 0 spiro atoms. The molecule has 0 radical (unpaired) electrons. The molecule has 0 saturated carbocycles. The van der Waals surface area contributed by atoms with E-state index in [1.807, 2.05) is 31.2 Å². The van der Waals surface area contributed by atoms with E-state index >= 15 is 0 Å². The van der Waals surface area contributed by atoms with Gasteiger partial charge in [0, 0.05) is 17.7 Å². The summed E-state index contributed by atoms with van der Waals surface area (Å²) >= 11 is 0. The molecule has 1 heterocycles. The predicted octanol–water partition coefficient (Wildman–Crippen LogP) is 2.23. The Kier molecular flexibility index (Phi) is 3.22. The number of nitrogens with one attached hydrogen (secondary N) is 1. The average molecular weight is 218 g/mol. The van der Waals surface area contributed by atoms with Gasteiger partial charge in [-0.3, -0.25) is 0 Å². The second kappa shape index (κ2) is 4.81. The van der Waals surface area contributed by atoms with E-state index in [9.17, 15) is 5.11 Å². The Hall–Kier alpha value is -1.81. The molecule has 1 atom stereocenters. The second-order valence-electron chi connectivity index (χ2n) is 3.64. The van der Waals surface area contributed by atoms with E-state index in [-0.39, 0.29) is 6.04 Å². The Morgan fingerprint density at radius 3 is 2.88 bits per heavy atom. The second-order valence-corrected chi connectivity index (χ2v) is 3.64. The number of aromatic nitrogens is 1. The van der Waals surface area contributed by atoms with Crippen molar-refractivity contribution < 1.29 is 9.63 Å². The Morgan fingerprint density at radius 2 is 2.19 bits per heavy atom. The van der Waals surface area contributed by atoms with Crippen molar-refractivity contribution in [2.75, 3.05) is 0 Å². The van der Waals surface area contributed by atoms with Crippen LogP contribution in [0, 0.1) is 0 Å². The van der Waals surface area contributed by atoms with E-state index in [0.717, 1.165) is 11.3 Å². The summed E-state index contributed by atoms with van der Waals surface area (Å²) < 4.78 is 4.98. The van der Waals surface area contributed by atoms with Gasteiger partial charge in [-0.15, -0.1) is 0 Å². The normalized spacial score (nSPS) is 12.6. The number of hydrogen-bond donors (Lipinski definition) is 2. The number of nitrogens with zero attached hydrogens (tertiary/aromatic N) is 1. The zero-order valence-corrected chi connectivity index (χ0v) is 9.05. The molecule has 4 nitrogen and oxygen atoms in total. The highest BCUT2D eigenvalue weighted by Gasteiger charge is 2.09. The van der Waals surface area contributed by atoms with Crippen LogP contribution in [0.5, 0.6) is 5.75 Å². The number of para-hydroxylation sites is 1. The molecule has 0 amide bonds. The first-order valence-corrected chi connectivity index (χ1v) is 5.18. The van der Waals surface area contributed by atoms with Crippen molar-refractivity contribution in [2.45, 2.75) is 19.5 Å². The molecule has 2 rings (SSSR count). The fourth-order valence-electron chi connectivity index (χ4n) is 1.55. The van der Waals surface area contributed by atoms with Crippen molar-refractivity contribution in [3.63, 3.8) is 0 Å². The molecule has 84 valence electrons. The topological polar surface area (TPSA) is 58.3 Å². The first-order chi connectivity index (χ1) is 7.77. The lowest BCUT2D eigenvalue weighted by Crippen LogP contribution is -2.17. The van der Waals surface area contributed by atoms with E-state index in [4.69, 9.17) is 4.52 Å². The third kappa shape index (κ3) is 2.41. The Balaban J connectivity index is 1.98. The van der Waals surface area contributed by atoms with Crippen molar-refractivity contribution in [3.05, 3.63) is 47.9 Å². The number of rotatable bonds is 4. The lowest BCUT2D eigenvalue weighted by Gasteiger charge is -2.14. The van der Waals surface area contributed by atoms with Gasteiger partial charge < -0.3 is 14.9 Å². The van der Waals surface area contributed by atoms with Crippen molar-refractivity contribution in [2.24, 2.45) is 0 Å². The van der Waals surface area contributed by atoms with Gasteiger partial charge in [0.05, 0.1) is 12.7 Å². The van der Waals surface area contributed by atoms with Crippen LogP contribution in [0.1, 0.15) is 24.3 Å². The number of hydrogen-bond acceptors (Lipinski definition) is 4. The molecule has 1 aromatic carbocycles. The minimum absolute atomic E-state index is 0.0614. The molecule has 1 unspecified atom stereocenters. The maximum absolute atomic E-state index is 9.66. The van der Waals surface area contributed by atoms with Crippen LogP contribution in [0.2, 0.25) is 0 Å². The Bertz CT molecular complexity index is 440. The maximum Gasteiger partial charge on any atom is 0.150 e. The van der Waals surface area contributed by atoms with Crippen LogP contribution in [0.15, 0.2) is 41.1 Å². The summed E-state index contributed by atoms with van der Waals surface area (Å²) in [6.45, 7) is 2.58. The third-order valence-corrected chi connectivity index (χ3v) is 2.48. The summed E-state index contributed by atoms with van der Waals surface area (Å²) in [6, 6.07) is 9.16. The highest BCUT2D eigenvalue weighted by Crippen LogP contribution is 2.23. The van der Waals surface area contributed by atoms with Gasteiger partial charge in [0.25, 0.3) is 0 Å². The molecule has 0 fully saturated rings. The molecule has 1 aromatic heterocycles. The Morgan fingerprint density at radius 1 is 1.38 bits per heavy atom. The summed E-state index contributed by atoms with van der Waals surface area (Å²) in [5.74, 6) is 1.09. The molecule has 4 heteroatoms. The van der Waals surface area contributed by atoms with Gasteiger partial charge in [0.2, 0.25) is 0 Å². The maximum atomic E-state index is 9.66. The van der Waals surface area contributed by atoms with Gasteiger partial charge in [-0.2, -0.15) is 0 Å².